The maximum Gasteiger partial charge on any atom is 0.0325 e. The molecule has 0 aliphatic rings. The lowest BCUT2D eigenvalue weighted by molar-refractivity contribution is 0.312. The molecule has 86 valence electrons. The van der Waals surface area contributed by atoms with Crippen LogP contribution in [-0.4, -0.2) is 5.48 Å². The van der Waals surface area contributed by atoms with Gasteiger partial charge in [-0.25, -0.2) is 0 Å². The molecule has 2 nitrogen and oxygen atoms in total. The van der Waals surface area contributed by atoms with E-state index in [4.69, 9.17) is 5.73 Å². The van der Waals surface area contributed by atoms with Gasteiger partial charge in [0.15, 0.2) is 0 Å². The van der Waals surface area contributed by atoms with Crippen molar-refractivity contribution in [2.75, 3.05) is 0 Å². The smallest absolute Gasteiger partial charge is 0.0325 e. The Morgan fingerprint density at radius 1 is 1.13 bits per heavy atom. The molecule has 4 N–H and O–H groups in total. The van der Waals surface area contributed by atoms with Gasteiger partial charge >= 0.3 is 0 Å². The van der Waals surface area contributed by atoms with E-state index in [1.54, 1.807) is 0 Å². The summed E-state index contributed by atoms with van der Waals surface area (Å²) in [5.74, 6) is 1.23. The molecule has 1 rings (SSSR count). The highest BCUT2D eigenvalue weighted by Crippen LogP contribution is 2.28. The molecule has 0 fully saturated rings. The molecule has 15 heavy (non-hydrogen) atoms. The van der Waals surface area contributed by atoms with E-state index >= 15 is 0 Å². The van der Waals surface area contributed by atoms with Gasteiger partial charge in [0, 0.05) is 6.04 Å². The molecule has 2 atom stereocenters. The summed E-state index contributed by atoms with van der Waals surface area (Å²) in [5, 5.41) is 0. The summed E-state index contributed by atoms with van der Waals surface area (Å²) >= 11 is 0. The standard InChI is InChI=1S/C13H21N.H2O/c1-4-12(10(2)3)13(14)11-8-6-5-7-9-11;/h5-10,12-13H,4,14H2,1-3H3;1H2. The minimum Gasteiger partial charge on any atom is -0.412 e. The zero-order chi connectivity index (χ0) is 10.6. The van der Waals surface area contributed by atoms with Gasteiger partial charge < -0.3 is 11.2 Å². The summed E-state index contributed by atoms with van der Waals surface area (Å²) in [5.41, 5.74) is 7.51. The highest BCUT2D eigenvalue weighted by Gasteiger charge is 2.20. The first-order valence-electron chi connectivity index (χ1n) is 5.47. The Kier molecular flexibility index (Phi) is 6.21. The minimum atomic E-state index is 0. The molecule has 0 spiro atoms. The summed E-state index contributed by atoms with van der Waals surface area (Å²) in [6.45, 7) is 6.71. The first-order chi connectivity index (χ1) is 6.66. The molecule has 0 aromatic heterocycles. The van der Waals surface area contributed by atoms with Crippen LogP contribution in [0.4, 0.5) is 0 Å². The maximum absolute atomic E-state index is 6.25. The number of nitrogens with two attached hydrogens (primary N) is 1. The minimum absolute atomic E-state index is 0. The predicted octanol–water partition coefficient (Wildman–Crippen LogP) is 2.54. The van der Waals surface area contributed by atoms with Crippen molar-refractivity contribution in [1.29, 1.82) is 0 Å². The van der Waals surface area contributed by atoms with Gasteiger partial charge in [-0.1, -0.05) is 57.5 Å². The maximum atomic E-state index is 6.25. The molecule has 0 bridgehead atoms. The number of benzene rings is 1. The summed E-state index contributed by atoms with van der Waals surface area (Å²) in [6, 6.07) is 10.6. The predicted molar refractivity (Wildman–Crippen MR) is 65.6 cm³/mol. The Bertz CT molecular complexity index is 258. The third-order valence-electron chi connectivity index (χ3n) is 2.97. The molecule has 0 aliphatic heterocycles. The van der Waals surface area contributed by atoms with Crippen LogP contribution in [0.3, 0.4) is 0 Å². The van der Waals surface area contributed by atoms with E-state index in [1.807, 2.05) is 6.07 Å². The Hall–Kier alpha value is -0.860. The van der Waals surface area contributed by atoms with E-state index in [0.717, 1.165) is 6.42 Å². The van der Waals surface area contributed by atoms with Crippen LogP contribution in [0.5, 0.6) is 0 Å². The van der Waals surface area contributed by atoms with Crippen molar-refractivity contribution < 1.29 is 5.48 Å². The van der Waals surface area contributed by atoms with Gasteiger partial charge in [0.2, 0.25) is 0 Å². The lowest BCUT2D eigenvalue weighted by Gasteiger charge is -2.26. The number of hydrogen-bond acceptors (Lipinski definition) is 1. The average molecular weight is 209 g/mol. The van der Waals surface area contributed by atoms with Gasteiger partial charge in [-0.3, -0.25) is 0 Å². The lowest BCUT2D eigenvalue weighted by atomic mass is 9.83. The molecule has 1 aromatic carbocycles. The first kappa shape index (κ1) is 14.1. The van der Waals surface area contributed by atoms with E-state index in [9.17, 15) is 0 Å². The fraction of sp³-hybridized carbons (Fsp3) is 0.538. The summed E-state index contributed by atoms with van der Waals surface area (Å²) in [6.07, 6.45) is 1.15. The number of rotatable bonds is 4. The monoisotopic (exact) mass is 209 g/mol. The summed E-state index contributed by atoms with van der Waals surface area (Å²) in [7, 11) is 0. The van der Waals surface area contributed by atoms with Crippen molar-refractivity contribution in [3.8, 4) is 0 Å². The van der Waals surface area contributed by atoms with Crippen LogP contribution < -0.4 is 5.73 Å². The second kappa shape index (κ2) is 6.59. The van der Waals surface area contributed by atoms with E-state index in [0.29, 0.717) is 11.8 Å². The molecule has 0 radical (unpaired) electrons. The SMILES string of the molecule is CCC(C(C)C)C(N)c1ccccc1.O. The largest absolute Gasteiger partial charge is 0.412 e. The Labute approximate surface area is 92.8 Å². The zero-order valence-corrected chi connectivity index (χ0v) is 9.90. The highest BCUT2D eigenvalue weighted by molar-refractivity contribution is 5.19. The fourth-order valence-electron chi connectivity index (χ4n) is 2.06. The van der Waals surface area contributed by atoms with Crippen LogP contribution in [-0.2, 0) is 0 Å². The van der Waals surface area contributed by atoms with Gasteiger partial charge in [0.1, 0.15) is 0 Å². The first-order valence-corrected chi connectivity index (χ1v) is 5.47. The molecule has 0 amide bonds. The molecule has 0 aliphatic carbocycles. The Balaban J connectivity index is 0.00000196. The summed E-state index contributed by atoms with van der Waals surface area (Å²) < 4.78 is 0. The van der Waals surface area contributed by atoms with Gasteiger partial charge in [-0.05, 0) is 17.4 Å². The van der Waals surface area contributed by atoms with Gasteiger partial charge in [-0.15, -0.1) is 0 Å². The topological polar surface area (TPSA) is 57.5 Å². The Morgan fingerprint density at radius 2 is 1.67 bits per heavy atom. The van der Waals surface area contributed by atoms with Crippen LogP contribution in [0, 0.1) is 11.8 Å². The third kappa shape index (κ3) is 3.65. The highest BCUT2D eigenvalue weighted by atomic mass is 16.0. The van der Waals surface area contributed by atoms with E-state index in [2.05, 4.69) is 45.0 Å². The van der Waals surface area contributed by atoms with Crippen LogP contribution in [0.1, 0.15) is 38.8 Å². The Morgan fingerprint density at radius 3 is 2.07 bits per heavy atom. The van der Waals surface area contributed by atoms with Crippen molar-refractivity contribution >= 4 is 0 Å². The molecule has 0 saturated carbocycles. The van der Waals surface area contributed by atoms with E-state index in [1.165, 1.54) is 5.56 Å². The molecule has 0 saturated heterocycles. The van der Waals surface area contributed by atoms with Crippen molar-refractivity contribution in [1.82, 2.24) is 0 Å². The molecule has 0 heterocycles. The molecule has 2 heteroatoms. The molecule has 1 aromatic rings. The second-order valence-corrected chi connectivity index (χ2v) is 4.25. The normalized spacial score (nSPS) is 14.5. The van der Waals surface area contributed by atoms with Crippen LogP contribution in [0.15, 0.2) is 30.3 Å². The molecule has 2 unspecified atom stereocenters. The van der Waals surface area contributed by atoms with Crippen LogP contribution >= 0.6 is 0 Å². The van der Waals surface area contributed by atoms with Gasteiger partial charge in [0.25, 0.3) is 0 Å². The quantitative estimate of drug-likeness (QED) is 0.814. The number of hydrogen-bond donors (Lipinski definition) is 1. The fourth-order valence-corrected chi connectivity index (χ4v) is 2.06. The van der Waals surface area contributed by atoms with Gasteiger partial charge in [0.05, 0.1) is 0 Å². The summed E-state index contributed by atoms with van der Waals surface area (Å²) in [4.78, 5) is 0. The van der Waals surface area contributed by atoms with Crippen molar-refractivity contribution in [3.05, 3.63) is 35.9 Å². The zero-order valence-electron chi connectivity index (χ0n) is 9.90. The van der Waals surface area contributed by atoms with E-state index in [-0.39, 0.29) is 11.5 Å². The lowest BCUT2D eigenvalue weighted by Crippen LogP contribution is -2.24. The molecular weight excluding hydrogens is 186 g/mol. The van der Waals surface area contributed by atoms with Crippen LogP contribution in [0.25, 0.3) is 0 Å². The third-order valence-corrected chi connectivity index (χ3v) is 2.97. The van der Waals surface area contributed by atoms with Crippen molar-refractivity contribution in [3.63, 3.8) is 0 Å². The van der Waals surface area contributed by atoms with Crippen molar-refractivity contribution in [2.24, 2.45) is 17.6 Å². The van der Waals surface area contributed by atoms with Gasteiger partial charge in [-0.2, -0.15) is 0 Å². The average Bonchev–Trinajstić information content (AvgIpc) is 2.19. The van der Waals surface area contributed by atoms with Crippen LogP contribution in [0.2, 0.25) is 0 Å². The van der Waals surface area contributed by atoms with E-state index < -0.39 is 0 Å². The second-order valence-electron chi connectivity index (χ2n) is 4.25. The molecular formula is C13H23NO. The van der Waals surface area contributed by atoms with Crippen molar-refractivity contribution in [2.45, 2.75) is 33.2 Å².